The molecule has 2 heterocycles. The van der Waals surface area contributed by atoms with E-state index in [9.17, 15) is 0 Å². The van der Waals surface area contributed by atoms with Gasteiger partial charge in [0, 0.05) is 44.9 Å². The Kier molecular flexibility index (Phi) is 6.46. The highest BCUT2D eigenvalue weighted by Crippen LogP contribution is 2.54. The molecule has 7 aromatic carbocycles. The molecule has 0 N–H and O–H groups in total. The fraction of sp³-hybridized carbons (Fsp3) is 0.0980. The van der Waals surface area contributed by atoms with Crippen molar-refractivity contribution in [3.05, 3.63) is 198 Å². The van der Waals surface area contributed by atoms with Gasteiger partial charge in [-0.2, -0.15) is 0 Å². The molecule has 2 heteroatoms. The van der Waals surface area contributed by atoms with Crippen LogP contribution in [0.1, 0.15) is 42.9 Å². The minimum atomic E-state index is -0.00272. The number of anilines is 2. The maximum atomic E-state index is 2.52. The lowest BCUT2D eigenvalue weighted by molar-refractivity contribution is 0.660. The van der Waals surface area contributed by atoms with Crippen LogP contribution in [0.4, 0.5) is 11.4 Å². The van der Waals surface area contributed by atoms with Gasteiger partial charge in [-0.15, -0.1) is 0 Å². The summed E-state index contributed by atoms with van der Waals surface area (Å²) in [5, 5.41) is 2.54. The van der Waals surface area contributed by atoms with E-state index < -0.39 is 0 Å². The van der Waals surface area contributed by atoms with Crippen LogP contribution in [0, 0.1) is 0 Å². The lowest BCUT2D eigenvalue weighted by Gasteiger charge is -2.26. The van der Waals surface area contributed by atoms with Crippen molar-refractivity contribution in [2.75, 3.05) is 4.90 Å². The van der Waals surface area contributed by atoms with Gasteiger partial charge in [-0.3, -0.25) is 0 Å². The average Bonchev–Trinajstić information content (AvgIpc) is 3.81. The first kappa shape index (κ1) is 30.3. The summed E-state index contributed by atoms with van der Waals surface area (Å²) < 4.78 is 2.42. The first-order chi connectivity index (χ1) is 26.0. The van der Waals surface area contributed by atoms with E-state index >= 15 is 0 Å². The Morgan fingerprint density at radius 2 is 1.26 bits per heavy atom. The minimum absolute atomic E-state index is 0.00272. The Balaban J connectivity index is 1.02. The third-order valence-corrected chi connectivity index (χ3v) is 12.1. The highest BCUT2D eigenvalue weighted by Gasteiger charge is 2.38. The molecule has 0 saturated heterocycles. The van der Waals surface area contributed by atoms with Gasteiger partial charge in [0.1, 0.15) is 0 Å². The highest BCUT2D eigenvalue weighted by molar-refractivity contribution is 6.10. The number of aromatic nitrogens is 1. The molecule has 0 fully saturated rings. The Bertz CT molecular complexity index is 2850. The molecule has 11 rings (SSSR count). The Labute approximate surface area is 310 Å². The molecule has 1 aromatic heterocycles. The third kappa shape index (κ3) is 4.45. The standard InChI is InChI=1S/C51H38N2/c1-51(2)45-20-9-6-17-39(45)42-32-38(25-26-46(42)51)53-48-22-11-8-19-41(48)44-31-36(24-28-50(44)53)35-23-27-49-43(30-35)40-18-7-10-21-47(40)52(49)37-16-12-15-34(29-37)33-13-4-3-5-14-33/h3-18,20-32,41H,19H2,1-2H3. The van der Waals surface area contributed by atoms with Crippen LogP contribution in [0.3, 0.4) is 0 Å². The molecule has 3 aliphatic rings. The number of nitrogens with zero attached hydrogens (tertiary/aromatic N) is 2. The second-order valence-electron chi connectivity index (χ2n) is 15.3. The van der Waals surface area contributed by atoms with E-state index in [1.165, 1.54) is 94.6 Å². The van der Waals surface area contributed by atoms with Crippen molar-refractivity contribution < 1.29 is 0 Å². The van der Waals surface area contributed by atoms with Crippen LogP contribution in [0.5, 0.6) is 0 Å². The first-order valence-corrected chi connectivity index (χ1v) is 18.8. The summed E-state index contributed by atoms with van der Waals surface area (Å²) in [7, 11) is 0. The lowest BCUT2D eigenvalue weighted by atomic mass is 9.82. The SMILES string of the molecule is CC1(C)c2ccccc2-c2cc(N3C4=CC=CCC4c4cc(-c5ccc6c(c5)c5ccccc5n6-c5cccc(-c6ccccc6)c5)ccc43)ccc21. The number of fused-ring (bicyclic) bond motifs is 9. The minimum Gasteiger partial charge on any atom is -0.313 e. The summed E-state index contributed by atoms with van der Waals surface area (Å²) in [6, 6.07) is 58.6. The average molecular weight is 679 g/mol. The molecular weight excluding hydrogens is 641 g/mol. The maximum Gasteiger partial charge on any atom is 0.0541 e. The van der Waals surface area contributed by atoms with Crippen molar-refractivity contribution in [2.24, 2.45) is 0 Å². The topological polar surface area (TPSA) is 8.17 Å². The van der Waals surface area contributed by atoms with Crippen molar-refractivity contribution >= 4 is 33.2 Å². The molecule has 0 saturated carbocycles. The summed E-state index contributed by atoms with van der Waals surface area (Å²) in [4.78, 5) is 2.52. The van der Waals surface area contributed by atoms with Crippen molar-refractivity contribution in [2.45, 2.75) is 31.6 Å². The van der Waals surface area contributed by atoms with E-state index in [-0.39, 0.29) is 5.41 Å². The number of hydrogen-bond donors (Lipinski definition) is 0. The van der Waals surface area contributed by atoms with Gasteiger partial charge < -0.3 is 9.47 Å². The number of benzene rings is 7. The summed E-state index contributed by atoms with van der Waals surface area (Å²) in [6.07, 6.45) is 7.89. The van der Waals surface area contributed by atoms with Crippen molar-refractivity contribution in [3.63, 3.8) is 0 Å². The van der Waals surface area contributed by atoms with Crippen molar-refractivity contribution in [1.82, 2.24) is 4.57 Å². The number of para-hydroxylation sites is 1. The van der Waals surface area contributed by atoms with Crippen molar-refractivity contribution in [3.8, 4) is 39.1 Å². The molecule has 0 amide bonds. The van der Waals surface area contributed by atoms with Gasteiger partial charge in [-0.1, -0.05) is 129 Å². The van der Waals surface area contributed by atoms with E-state index in [2.05, 4.69) is 199 Å². The lowest BCUT2D eigenvalue weighted by Crippen LogP contribution is -2.16. The van der Waals surface area contributed by atoms with Gasteiger partial charge in [-0.25, -0.2) is 0 Å². The normalized spacial score (nSPS) is 16.4. The smallest absolute Gasteiger partial charge is 0.0541 e. The Morgan fingerprint density at radius 3 is 2.19 bits per heavy atom. The third-order valence-electron chi connectivity index (χ3n) is 12.1. The molecule has 1 unspecified atom stereocenters. The number of rotatable bonds is 4. The first-order valence-electron chi connectivity index (χ1n) is 18.8. The largest absolute Gasteiger partial charge is 0.313 e. The summed E-state index contributed by atoms with van der Waals surface area (Å²) in [5.41, 5.74) is 19.4. The maximum absolute atomic E-state index is 2.52. The van der Waals surface area contributed by atoms with Gasteiger partial charge in [0.2, 0.25) is 0 Å². The molecule has 1 atom stereocenters. The van der Waals surface area contributed by atoms with Crippen LogP contribution < -0.4 is 4.90 Å². The van der Waals surface area contributed by atoms with E-state index in [1.54, 1.807) is 0 Å². The van der Waals surface area contributed by atoms with E-state index in [0.717, 1.165) is 6.42 Å². The molecule has 53 heavy (non-hydrogen) atoms. The van der Waals surface area contributed by atoms with Crippen LogP contribution >= 0.6 is 0 Å². The zero-order chi connectivity index (χ0) is 35.3. The number of allylic oxidation sites excluding steroid dienone is 4. The fourth-order valence-electron chi connectivity index (χ4n) is 9.51. The summed E-state index contributed by atoms with van der Waals surface area (Å²) in [5.74, 6) is 0.328. The molecule has 2 aliphatic carbocycles. The second kappa shape index (κ2) is 11.3. The van der Waals surface area contributed by atoms with E-state index in [1.807, 2.05) is 0 Å². The quantitative estimate of drug-likeness (QED) is 0.180. The molecule has 0 bridgehead atoms. The van der Waals surface area contributed by atoms with Gasteiger partial charge in [0.05, 0.1) is 11.0 Å². The molecule has 252 valence electrons. The van der Waals surface area contributed by atoms with Gasteiger partial charge in [0.25, 0.3) is 0 Å². The van der Waals surface area contributed by atoms with Crippen LogP contribution in [0.2, 0.25) is 0 Å². The molecule has 2 nitrogen and oxygen atoms in total. The van der Waals surface area contributed by atoms with Crippen molar-refractivity contribution in [1.29, 1.82) is 0 Å². The van der Waals surface area contributed by atoms with Gasteiger partial charge >= 0.3 is 0 Å². The monoisotopic (exact) mass is 678 g/mol. The van der Waals surface area contributed by atoms with Crippen LogP contribution in [-0.2, 0) is 5.41 Å². The molecule has 1 aliphatic heterocycles. The fourth-order valence-corrected chi connectivity index (χ4v) is 9.51. The molecule has 8 aromatic rings. The Hall–Kier alpha value is -6.38. The zero-order valence-electron chi connectivity index (χ0n) is 29.9. The molecular formula is C51H38N2. The summed E-state index contributed by atoms with van der Waals surface area (Å²) >= 11 is 0. The highest BCUT2D eigenvalue weighted by atomic mass is 15.2. The van der Waals surface area contributed by atoms with Gasteiger partial charge in [-0.05, 0) is 117 Å². The zero-order valence-corrected chi connectivity index (χ0v) is 29.9. The van der Waals surface area contributed by atoms with E-state index in [4.69, 9.17) is 0 Å². The molecule has 0 spiro atoms. The predicted octanol–water partition coefficient (Wildman–Crippen LogP) is 13.5. The van der Waals surface area contributed by atoms with Crippen LogP contribution in [0.25, 0.3) is 60.9 Å². The number of hydrogen-bond acceptors (Lipinski definition) is 1. The summed E-state index contributed by atoms with van der Waals surface area (Å²) in [6.45, 7) is 4.71. The predicted molar refractivity (Wildman–Crippen MR) is 222 cm³/mol. The van der Waals surface area contributed by atoms with Gasteiger partial charge in [0.15, 0.2) is 0 Å². The second-order valence-corrected chi connectivity index (χ2v) is 15.3. The van der Waals surface area contributed by atoms with Crippen LogP contribution in [0.15, 0.2) is 182 Å². The van der Waals surface area contributed by atoms with E-state index in [0.29, 0.717) is 5.92 Å². The Morgan fingerprint density at radius 1 is 0.528 bits per heavy atom. The van der Waals surface area contributed by atoms with Crippen LogP contribution in [-0.4, -0.2) is 4.57 Å². The molecule has 0 radical (unpaired) electrons.